The second-order valence-electron chi connectivity index (χ2n) is 7.89. The van der Waals surface area contributed by atoms with Gasteiger partial charge in [-0.15, -0.1) is 0 Å². The maximum Gasteiger partial charge on any atom is 0.295 e. The van der Waals surface area contributed by atoms with Crippen molar-refractivity contribution in [2.75, 3.05) is 33.3 Å². The molecule has 0 saturated carbocycles. The normalized spacial score (nSPS) is 13.8. The highest BCUT2D eigenvalue weighted by molar-refractivity contribution is 6.45. The Bertz CT molecular complexity index is 1350. The molecular weight excluding hydrogens is 436 g/mol. The minimum atomic E-state index is -0.661. The number of hydrogen-bond donors (Lipinski definition) is 1. The van der Waals surface area contributed by atoms with Crippen molar-refractivity contribution in [3.8, 4) is 17.2 Å². The van der Waals surface area contributed by atoms with E-state index in [2.05, 4.69) is 9.97 Å². The highest BCUT2D eigenvalue weighted by Gasteiger charge is 2.31. The van der Waals surface area contributed by atoms with Crippen molar-refractivity contribution in [2.45, 2.75) is 0 Å². The van der Waals surface area contributed by atoms with Gasteiger partial charge in [0, 0.05) is 44.1 Å². The van der Waals surface area contributed by atoms with Gasteiger partial charge < -0.3 is 23.9 Å². The van der Waals surface area contributed by atoms with Crippen molar-refractivity contribution >= 4 is 28.5 Å². The summed E-state index contributed by atoms with van der Waals surface area (Å²) in [4.78, 5) is 49.5. The second kappa shape index (κ2) is 8.86. The topological polar surface area (TPSA) is 109 Å². The number of ketones is 1. The Morgan fingerprint density at radius 1 is 1.00 bits per heavy atom. The quantitative estimate of drug-likeness (QED) is 0.364. The van der Waals surface area contributed by atoms with Crippen LogP contribution in [0.2, 0.25) is 0 Å². The van der Waals surface area contributed by atoms with Crippen LogP contribution in [0.5, 0.6) is 5.88 Å². The van der Waals surface area contributed by atoms with E-state index in [1.165, 1.54) is 18.2 Å². The van der Waals surface area contributed by atoms with Crippen molar-refractivity contribution in [1.29, 1.82) is 0 Å². The van der Waals surface area contributed by atoms with E-state index in [1.807, 2.05) is 18.2 Å². The molecule has 9 nitrogen and oxygen atoms in total. The van der Waals surface area contributed by atoms with E-state index in [9.17, 15) is 14.4 Å². The zero-order chi connectivity index (χ0) is 23.7. The molecule has 172 valence electrons. The van der Waals surface area contributed by atoms with Crippen LogP contribution in [0, 0.1) is 0 Å². The van der Waals surface area contributed by atoms with Crippen LogP contribution < -0.4 is 4.74 Å². The summed E-state index contributed by atoms with van der Waals surface area (Å²) in [5.74, 6) is -0.562. The molecule has 0 spiro atoms. The number of nitrogens with one attached hydrogen (secondary N) is 1. The van der Waals surface area contributed by atoms with Crippen molar-refractivity contribution in [3.05, 3.63) is 72.2 Å². The molecule has 3 aromatic heterocycles. The highest BCUT2D eigenvalue weighted by Crippen LogP contribution is 2.35. The lowest BCUT2D eigenvalue weighted by molar-refractivity contribution is -0.127. The van der Waals surface area contributed by atoms with Crippen LogP contribution in [-0.4, -0.2) is 70.7 Å². The van der Waals surface area contributed by atoms with Gasteiger partial charge in [-0.2, -0.15) is 0 Å². The molecule has 1 fully saturated rings. The minimum absolute atomic E-state index is 0.0862. The average molecular weight is 458 g/mol. The van der Waals surface area contributed by atoms with E-state index < -0.39 is 11.7 Å². The summed E-state index contributed by atoms with van der Waals surface area (Å²) in [6.45, 7) is 1.26. The van der Waals surface area contributed by atoms with Crippen molar-refractivity contribution < 1.29 is 23.5 Å². The Labute approximate surface area is 194 Å². The summed E-state index contributed by atoms with van der Waals surface area (Å²) >= 11 is 0. The van der Waals surface area contributed by atoms with Crippen molar-refractivity contribution in [2.24, 2.45) is 0 Å². The molecule has 2 amide bonds. The van der Waals surface area contributed by atoms with Gasteiger partial charge >= 0.3 is 0 Å². The lowest BCUT2D eigenvalue weighted by Gasteiger charge is -2.34. The Morgan fingerprint density at radius 3 is 2.41 bits per heavy atom. The number of carbonyl (C=O) groups excluding carboxylic acids is 3. The number of Topliss-reactive ketones (excluding diaryl/α,β-unsaturated/α-hetero) is 1. The molecule has 0 bridgehead atoms. The fourth-order valence-corrected chi connectivity index (χ4v) is 4.20. The minimum Gasteiger partial charge on any atom is -0.480 e. The first-order valence-corrected chi connectivity index (χ1v) is 10.8. The van der Waals surface area contributed by atoms with E-state index in [0.717, 1.165) is 0 Å². The number of furan rings is 1. The van der Waals surface area contributed by atoms with Crippen molar-refractivity contribution in [3.63, 3.8) is 0 Å². The van der Waals surface area contributed by atoms with E-state index in [-0.39, 0.29) is 30.4 Å². The summed E-state index contributed by atoms with van der Waals surface area (Å²) in [5.41, 5.74) is 2.03. The number of benzene rings is 1. The van der Waals surface area contributed by atoms with Gasteiger partial charge in [-0.25, -0.2) is 4.98 Å². The molecule has 1 aliphatic rings. The van der Waals surface area contributed by atoms with Gasteiger partial charge in [-0.05, 0) is 24.3 Å². The molecule has 0 unspecified atom stereocenters. The number of carbonyl (C=O) groups is 3. The monoisotopic (exact) mass is 458 g/mol. The van der Waals surface area contributed by atoms with E-state index in [0.29, 0.717) is 40.9 Å². The van der Waals surface area contributed by atoms with Gasteiger partial charge in [0.1, 0.15) is 5.76 Å². The van der Waals surface area contributed by atoms with Gasteiger partial charge in [-0.1, -0.05) is 18.2 Å². The summed E-state index contributed by atoms with van der Waals surface area (Å²) in [6.07, 6.45) is 4.64. The summed E-state index contributed by atoms with van der Waals surface area (Å²) in [5, 5.41) is 0.424. The number of rotatable bonds is 5. The summed E-state index contributed by atoms with van der Waals surface area (Å²) in [7, 11) is 1.46. The number of nitrogens with zero attached hydrogens (tertiary/aromatic N) is 3. The van der Waals surface area contributed by atoms with Crippen LogP contribution in [0.4, 0.5) is 0 Å². The third-order valence-corrected chi connectivity index (χ3v) is 5.97. The number of pyridine rings is 1. The molecule has 0 atom stereocenters. The summed E-state index contributed by atoms with van der Waals surface area (Å²) in [6, 6.07) is 12.5. The number of H-pyrrole nitrogens is 1. The number of hydrogen-bond acceptors (Lipinski definition) is 6. The zero-order valence-electron chi connectivity index (χ0n) is 18.5. The predicted octanol–water partition coefficient (Wildman–Crippen LogP) is 3.00. The second-order valence-corrected chi connectivity index (χ2v) is 7.89. The standard InChI is InChI=1S/C25H22N4O5/c1-33-23-20-18(15-26-21(20)17(14-27-23)19-8-5-13-34-19)22(30)25(32)29-11-9-28(10-12-29)24(31)16-6-3-2-4-7-16/h2-8,13-15,26H,9-12H2,1H3. The molecule has 34 heavy (non-hydrogen) atoms. The van der Waals surface area contributed by atoms with Crippen LogP contribution in [0.1, 0.15) is 20.7 Å². The van der Waals surface area contributed by atoms with Crippen LogP contribution in [0.3, 0.4) is 0 Å². The molecular formula is C25H22N4O5. The Hall–Kier alpha value is -4.40. The van der Waals surface area contributed by atoms with Gasteiger partial charge in [0.15, 0.2) is 0 Å². The maximum atomic E-state index is 13.2. The molecule has 5 rings (SSSR count). The molecule has 1 saturated heterocycles. The molecule has 4 aromatic rings. The van der Waals surface area contributed by atoms with Crippen LogP contribution in [-0.2, 0) is 4.79 Å². The largest absolute Gasteiger partial charge is 0.480 e. The van der Waals surface area contributed by atoms with Crippen LogP contribution in [0.15, 0.2) is 65.5 Å². The number of aromatic nitrogens is 2. The number of amides is 2. The first-order valence-electron chi connectivity index (χ1n) is 10.8. The average Bonchev–Trinajstić information content (AvgIpc) is 3.58. The molecule has 0 radical (unpaired) electrons. The van der Waals surface area contributed by atoms with Crippen LogP contribution >= 0.6 is 0 Å². The highest BCUT2D eigenvalue weighted by atomic mass is 16.5. The maximum absolute atomic E-state index is 13.2. The third kappa shape index (κ3) is 3.71. The third-order valence-electron chi connectivity index (χ3n) is 5.97. The van der Waals surface area contributed by atoms with Gasteiger partial charge in [-0.3, -0.25) is 14.4 Å². The lowest BCUT2D eigenvalue weighted by Crippen LogP contribution is -2.52. The number of piperazine rings is 1. The van der Waals surface area contributed by atoms with E-state index in [4.69, 9.17) is 9.15 Å². The fourth-order valence-electron chi connectivity index (χ4n) is 4.20. The first kappa shape index (κ1) is 21.4. The smallest absolute Gasteiger partial charge is 0.295 e. The molecule has 1 N–H and O–H groups in total. The van der Waals surface area contributed by atoms with Crippen LogP contribution in [0.25, 0.3) is 22.2 Å². The molecule has 9 heteroatoms. The molecule has 1 aromatic carbocycles. The number of methoxy groups -OCH3 is 1. The predicted molar refractivity (Wildman–Crippen MR) is 124 cm³/mol. The Morgan fingerprint density at radius 2 is 1.74 bits per heavy atom. The van der Waals surface area contributed by atoms with Gasteiger partial charge in [0.2, 0.25) is 5.88 Å². The zero-order valence-corrected chi connectivity index (χ0v) is 18.5. The first-order chi connectivity index (χ1) is 16.6. The molecule has 0 aliphatic carbocycles. The molecule has 4 heterocycles. The number of aromatic amines is 1. The SMILES string of the molecule is COc1ncc(-c2ccco2)c2[nH]cc(C(=O)C(=O)N3CCN(C(=O)c4ccccc4)CC3)c12. The number of fused-ring (bicyclic) bond motifs is 1. The fraction of sp³-hybridized carbons (Fsp3) is 0.200. The molecule has 1 aliphatic heterocycles. The van der Waals surface area contributed by atoms with Gasteiger partial charge in [0.05, 0.1) is 35.4 Å². The lowest BCUT2D eigenvalue weighted by atomic mass is 10.1. The van der Waals surface area contributed by atoms with Crippen molar-refractivity contribution in [1.82, 2.24) is 19.8 Å². The number of ether oxygens (including phenoxy) is 1. The Kier molecular flexibility index (Phi) is 5.59. The summed E-state index contributed by atoms with van der Waals surface area (Å²) < 4.78 is 10.9. The Balaban J connectivity index is 1.36. The van der Waals surface area contributed by atoms with Gasteiger partial charge in [0.25, 0.3) is 17.6 Å². The van der Waals surface area contributed by atoms with E-state index in [1.54, 1.807) is 41.6 Å². The van der Waals surface area contributed by atoms with E-state index >= 15 is 0 Å².